The quantitative estimate of drug-likeness (QED) is 0.801. The average Bonchev–Trinajstić information content (AvgIpc) is 2.25. The second-order valence-corrected chi connectivity index (χ2v) is 4.54. The van der Waals surface area contributed by atoms with E-state index < -0.39 is 0 Å². The molecule has 0 atom stereocenters. The van der Waals surface area contributed by atoms with Crippen molar-refractivity contribution in [3.05, 3.63) is 24.0 Å². The molecule has 0 radical (unpaired) electrons. The van der Waals surface area contributed by atoms with Gasteiger partial charge in [0.2, 0.25) is 0 Å². The Morgan fingerprint density at radius 2 is 2.13 bits per heavy atom. The van der Waals surface area contributed by atoms with Gasteiger partial charge in [0, 0.05) is 6.54 Å². The number of nitrogens with two attached hydrogens (primary N) is 1. The lowest BCUT2D eigenvalue weighted by Crippen LogP contribution is -2.32. The van der Waals surface area contributed by atoms with E-state index in [9.17, 15) is 0 Å². The molecule has 1 aromatic rings. The summed E-state index contributed by atoms with van der Waals surface area (Å²) in [6.45, 7) is 5.70. The van der Waals surface area contributed by atoms with Crippen molar-refractivity contribution in [3.8, 4) is 0 Å². The summed E-state index contributed by atoms with van der Waals surface area (Å²) >= 11 is 0. The highest BCUT2D eigenvalue weighted by atomic mass is 15.1. The van der Waals surface area contributed by atoms with Crippen LogP contribution in [0.3, 0.4) is 0 Å². The molecule has 0 aromatic carbocycles. The molecular weight excluding hydrogens is 186 g/mol. The van der Waals surface area contributed by atoms with E-state index in [4.69, 9.17) is 5.73 Å². The Morgan fingerprint density at radius 1 is 1.40 bits per heavy atom. The molecule has 3 nitrogen and oxygen atoms in total. The normalized spacial score (nSPS) is 19.3. The summed E-state index contributed by atoms with van der Waals surface area (Å²) in [6, 6.07) is 3.95. The third-order valence-electron chi connectivity index (χ3n) is 3.11. The maximum Gasteiger partial charge on any atom is 0.0545 e. The maximum absolute atomic E-state index is 5.60. The summed E-state index contributed by atoms with van der Waals surface area (Å²) < 4.78 is 0. The number of aromatic nitrogens is 1. The minimum absolute atomic E-state index is 0.742. The molecular formula is C12H19N3. The van der Waals surface area contributed by atoms with Crippen LogP contribution >= 0.6 is 0 Å². The maximum atomic E-state index is 5.60. The summed E-state index contributed by atoms with van der Waals surface area (Å²) in [5.74, 6) is 0.889. The number of likely N-dealkylation sites (tertiary alicyclic amines) is 1. The third kappa shape index (κ3) is 2.93. The van der Waals surface area contributed by atoms with Crippen molar-refractivity contribution in [2.24, 2.45) is 5.92 Å². The van der Waals surface area contributed by atoms with Crippen LogP contribution in [0.2, 0.25) is 0 Å². The van der Waals surface area contributed by atoms with E-state index in [1.165, 1.54) is 25.9 Å². The molecule has 1 aromatic heterocycles. The van der Waals surface area contributed by atoms with Crippen molar-refractivity contribution in [2.45, 2.75) is 26.3 Å². The molecule has 1 aliphatic rings. The molecule has 2 N–H and O–H groups in total. The Bertz CT molecular complexity index is 299. The third-order valence-corrected chi connectivity index (χ3v) is 3.11. The first-order chi connectivity index (χ1) is 7.24. The molecule has 2 rings (SSSR count). The zero-order chi connectivity index (χ0) is 10.7. The van der Waals surface area contributed by atoms with Gasteiger partial charge < -0.3 is 5.73 Å². The first-order valence-corrected chi connectivity index (χ1v) is 5.67. The molecule has 0 spiro atoms. The van der Waals surface area contributed by atoms with Crippen LogP contribution in [0.4, 0.5) is 5.69 Å². The van der Waals surface area contributed by atoms with Gasteiger partial charge >= 0.3 is 0 Å². The highest BCUT2D eigenvalue weighted by Gasteiger charge is 2.15. The average molecular weight is 205 g/mol. The zero-order valence-electron chi connectivity index (χ0n) is 9.32. The van der Waals surface area contributed by atoms with Gasteiger partial charge in [-0.3, -0.25) is 9.88 Å². The molecule has 0 aliphatic carbocycles. The van der Waals surface area contributed by atoms with Gasteiger partial charge in [-0.1, -0.05) is 6.92 Å². The number of hydrogen-bond acceptors (Lipinski definition) is 3. The Kier molecular flexibility index (Phi) is 3.21. The lowest BCUT2D eigenvalue weighted by atomic mass is 9.99. The number of nitrogens with zero attached hydrogens (tertiary/aromatic N) is 2. The Labute approximate surface area is 91.3 Å². The van der Waals surface area contributed by atoms with E-state index in [-0.39, 0.29) is 0 Å². The van der Waals surface area contributed by atoms with Crippen LogP contribution in [-0.2, 0) is 6.54 Å². The van der Waals surface area contributed by atoms with Crippen LogP contribution in [0.1, 0.15) is 25.5 Å². The molecule has 2 heterocycles. The number of nitrogen functional groups attached to an aromatic ring is 1. The lowest BCUT2D eigenvalue weighted by Gasteiger charge is -2.29. The van der Waals surface area contributed by atoms with Gasteiger partial charge in [-0.15, -0.1) is 0 Å². The van der Waals surface area contributed by atoms with E-state index in [1.54, 1.807) is 6.20 Å². The van der Waals surface area contributed by atoms with Crippen LogP contribution in [0.15, 0.2) is 18.3 Å². The van der Waals surface area contributed by atoms with Crippen molar-refractivity contribution >= 4 is 5.69 Å². The van der Waals surface area contributed by atoms with E-state index in [0.29, 0.717) is 0 Å². The van der Waals surface area contributed by atoms with Gasteiger partial charge in [-0.05, 0) is 44.0 Å². The molecule has 0 unspecified atom stereocenters. The molecule has 1 saturated heterocycles. The first-order valence-electron chi connectivity index (χ1n) is 5.67. The van der Waals surface area contributed by atoms with Crippen molar-refractivity contribution in [1.29, 1.82) is 0 Å². The highest BCUT2D eigenvalue weighted by molar-refractivity contribution is 5.34. The fraction of sp³-hybridized carbons (Fsp3) is 0.583. The summed E-state index contributed by atoms with van der Waals surface area (Å²) in [6.07, 6.45) is 4.37. The minimum atomic E-state index is 0.742. The van der Waals surface area contributed by atoms with Crippen molar-refractivity contribution in [3.63, 3.8) is 0 Å². The molecule has 1 aliphatic heterocycles. The SMILES string of the molecule is CC1CCN(Cc2ccc(N)cn2)CC1. The van der Waals surface area contributed by atoms with Gasteiger partial charge in [-0.2, -0.15) is 0 Å². The number of rotatable bonds is 2. The summed E-state index contributed by atoms with van der Waals surface area (Å²) in [5.41, 5.74) is 7.47. The monoisotopic (exact) mass is 205 g/mol. The fourth-order valence-electron chi connectivity index (χ4n) is 1.98. The van der Waals surface area contributed by atoms with Crippen LogP contribution in [0.5, 0.6) is 0 Å². The number of hydrogen-bond donors (Lipinski definition) is 1. The molecule has 0 amide bonds. The zero-order valence-corrected chi connectivity index (χ0v) is 9.32. The Balaban J connectivity index is 1.89. The number of anilines is 1. The topological polar surface area (TPSA) is 42.1 Å². The standard InChI is InChI=1S/C12H19N3/c1-10-4-6-15(7-5-10)9-12-3-2-11(13)8-14-12/h2-3,8,10H,4-7,9,13H2,1H3. The summed E-state index contributed by atoms with van der Waals surface area (Å²) in [4.78, 5) is 6.80. The summed E-state index contributed by atoms with van der Waals surface area (Å²) in [7, 11) is 0. The molecule has 0 bridgehead atoms. The van der Waals surface area contributed by atoms with Crippen LogP contribution in [-0.4, -0.2) is 23.0 Å². The number of pyridine rings is 1. The minimum Gasteiger partial charge on any atom is -0.397 e. The predicted molar refractivity (Wildman–Crippen MR) is 62.3 cm³/mol. The van der Waals surface area contributed by atoms with Gasteiger partial charge in [0.1, 0.15) is 0 Å². The van der Waals surface area contributed by atoms with Gasteiger partial charge in [0.05, 0.1) is 17.6 Å². The highest BCUT2D eigenvalue weighted by Crippen LogP contribution is 2.17. The van der Waals surface area contributed by atoms with Gasteiger partial charge in [0.25, 0.3) is 0 Å². The molecule has 15 heavy (non-hydrogen) atoms. The van der Waals surface area contributed by atoms with Gasteiger partial charge in [0.15, 0.2) is 0 Å². The van der Waals surface area contributed by atoms with Crippen LogP contribution < -0.4 is 5.73 Å². The molecule has 3 heteroatoms. The Morgan fingerprint density at radius 3 is 2.73 bits per heavy atom. The van der Waals surface area contributed by atoms with E-state index >= 15 is 0 Å². The lowest BCUT2D eigenvalue weighted by molar-refractivity contribution is 0.183. The smallest absolute Gasteiger partial charge is 0.0545 e. The molecule has 82 valence electrons. The van der Waals surface area contributed by atoms with E-state index in [2.05, 4.69) is 16.8 Å². The van der Waals surface area contributed by atoms with E-state index in [1.807, 2.05) is 12.1 Å². The van der Waals surface area contributed by atoms with Gasteiger partial charge in [-0.25, -0.2) is 0 Å². The second kappa shape index (κ2) is 4.62. The molecule has 1 fully saturated rings. The Hall–Kier alpha value is -1.09. The largest absolute Gasteiger partial charge is 0.397 e. The van der Waals surface area contributed by atoms with Crippen LogP contribution in [0.25, 0.3) is 0 Å². The number of piperidine rings is 1. The predicted octanol–water partition coefficient (Wildman–Crippen LogP) is 1.90. The van der Waals surface area contributed by atoms with E-state index in [0.717, 1.165) is 23.8 Å². The van der Waals surface area contributed by atoms with Crippen molar-refractivity contribution in [1.82, 2.24) is 9.88 Å². The van der Waals surface area contributed by atoms with Crippen LogP contribution in [0, 0.1) is 5.92 Å². The fourth-order valence-corrected chi connectivity index (χ4v) is 1.98. The first kappa shape index (κ1) is 10.4. The van der Waals surface area contributed by atoms with Crippen molar-refractivity contribution < 1.29 is 0 Å². The molecule has 0 saturated carbocycles. The summed E-state index contributed by atoms with van der Waals surface area (Å²) in [5, 5.41) is 0. The second-order valence-electron chi connectivity index (χ2n) is 4.54. The van der Waals surface area contributed by atoms with Crippen molar-refractivity contribution in [2.75, 3.05) is 18.8 Å².